The summed E-state index contributed by atoms with van der Waals surface area (Å²) in [4.78, 5) is 51.0. The van der Waals surface area contributed by atoms with Gasteiger partial charge in [0.15, 0.2) is 0 Å². The van der Waals surface area contributed by atoms with Crippen LogP contribution >= 0.6 is 0 Å². The van der Waals surface area contributed by atoms with Gasteiger partial charge in [-0.3, -0.25) is 14.4 Å². The predicted octanol–water partition coefficient (Wildman–Crippen LogP) is 0.721. The van der Waals surface area contributed by atoms with E-state index in [0.717, 1.165) is 0 Å². The van der Waals surface area contributed by atoms with E-state index in [4.69, 9.17) is 5.11 Å². The van der Waals surface area contributed by atoms with Crippen LogP contribution in [-0.2, 0) is 20.9 Å². The van der Waals surface area contributed by atoms with E-state index in [1.807, 2.05) is 0 Å². The molecule has 0 aliphatic rings. The van der Waals surface area contributed by atoms with Gasteiger partial charge >= 0.3 is 5.97 Å². The lowest BCUT2D eigenvalue weighted by atomic mass is 10.2. The first-order valence-electron chi connectivity index (χ1n) is 8.56. The standard InChI is InChI=1S/C18H24N4O5/c1-4-12(16(24)22-13(5-2)18(26)27)21-17(25)14-9-7-8-11(20-14)10-19-15(23)6-3/h4,7-9,13H,5-6,10H2,1-3H3,(H,19,23)(H,21,25)(H,22,24)(H,26,27)/b12-4-/t13-/m0/s1. The van der Waals surface area contributed by atoms with E-state index in [-0.39, 0.29) is 30.3 Å². The Morgan fingerprint density at radius 2 is 1.93 bits per heavy atom. The molecular formula is C18H24N4O5. The number of carbonyl (C=O) groups is 4. The molecule has 1 rings (SSSR count). The summed E-state index contributed by atoms with van der Waals surface area (Å²) in [6, 6.07) is 3.70. The number of carboxylic acids is 1. The summed E-state index contributed by atoms with van der Waals surface area (Å²) >= 11 is 0. The summed E-state index contributed by atoms with van der Waals surface area (Å²) in [5, 5.41) is 16.4. The molecule has 0 bridgehead atoms. The second kappa shape index (κ2) is 10.7. The average molecular weight is 376 g/mol. The first-order chi connectivity index (χ1) is 12.8. The van der Waals surface area contributed by atoms with E-state index in [2.05, 4.69) is 20.9 Å². The molecule has 0 saturated heterocycles. The molecule has 1 heterocycles. The summed E-state index contributed by atoms with van der Waals surface area (Å²) < 4.78 is 0. The summed E-state index contributed by atoms with van der Waals surface area (Å²) in [5.41, 5.74) is 0.481. The number of amides is 3. The summed E-state index contributed by atoms with van der Waals surface area (Å²) in [5.74, 6) is -2.61. The van der Waals surface area contributed by atoms with Crippen molar-refractivity contribution < 1.29 is 24.3 Å². The summed E-state index contributed by atoms with van der Waals surface area (Å²) in [6.07, 6.45) is 1.92. The molecule has 0 aromatic carbocycles. The highest BCUT2D eigenvalue weighted by Gasteiger charge is 2.21. The number of carboxylic acid groups (broad SMARTS) is 1. The topological polar surface area (TPSA) is 137 Å². The minimum Gasteiger partial charge on any atom is -0.480 e. The Kier molecular flexibility index (Phi) is 8.64. The van der Waals surface area contributed by atoms with E-state index in [0.29, 0.717) is 12.1 Å². The number of rotatable bonds is 9. The Morgan fingerprint density at radius 3 is 2.48 bits per heavy atom. The van der Waals surface area contributed by atoms with Crippen molar-refractivity contribution >= 4 is 23.7 Å². The third kappa shape index (κ3) is 6.89. The van der Waals surface area contributed by atoms with Crippen LogP contribution in [0.1, 0.15) is 49.8 Å². The zero-order valence-corrected chi connectivity index (χ0v) is 15.5. The molecule has 146 valence electrons. The molecule has 0 aliphatic carbocycles. The fourth-order valence-corrected chi connectivity index (χ4v) is 2.04. The van der Waals surface area contributed by atoms with E-state index in [9.17, 15) is 19.2 Å². The van der Waals surface area contributed by atoms with E-state index in [1.165, 1.54) is 12.1 Å². The van der Waals surface area contributed by atoms with Crippen molar-refractivity contribution in [1.82, 2.24) is 20.9 Å². The fourth-order valence-electron chi connectivity index (χ4n) is 2.04. The zero-order chi connectivity index (χ0) is 20.4. The van der Waals surface area contributed by atoms with E-state index < -0.39 is 23.8 Å². The molecule has 0 radical (unpaired) electrons. The molecule has 1 aromatic rings. The van der Waals surface area contributed by atoms with Crippen LogP contribution in [0.5, 0.6) is 0 Å². The van der Waals surface area contributed by atoms with Gasteiger partial charge in [0.05, 0.1) is 12.2 Å². The van der Waals surface area contributed by atoms with E-state index in [1.54, 1.807) is 32.9 Å². The highest BCUT2D eigenvalue weighted by atomic mass is 16.4. The molecular weight excluding hydrogens is 352 g/mol. The summed E-state index contributed by atoms with van der Waals surface area (Å²) in [7, 11) is 0. The lowest BCUT2D eigenvalue weighted by molar-refractivity contribution is -0.141. The molecule has 4 N–H and O–H groups in total. The fraction of sp³-hybridized carbons (Fsp3) is 0.389. The molecule has 1 atom stereocenters. The van der Waals surface area contributed by atoms with Gasteiger partial charge in [0, 0.05) is 6.42 Å². The van der Waals surface area contributed by atoms with Crippen LogP contribution < -0.4 is 16.0 Å². The Morgan fingerprint density at radius 1 is 1.22 bits per heavy atom. The SMILES string of the molecule is C/C=C(\NC(=O)c1cccc(CNC(=O)CC)n1)C(=O)N[C@@H](CC)C(=O)O. The van der Waals surface area contributed by atoms with Crippen molar-refractivity contribution in [3.63, 3.8) is 0 Å². The highest BCUT2D eigenvalue weighted by molar-refractivity contribution is 6.02. The number of aliphatic carboxylic acids is 1. The third-order valence-corrected chi connectivity index (χ3v) is 3.62. The lowest BCUT2D eigenvalue weighted by Gasteiger charge is -2.14. The second-order valence-electron chi connectivity index (χ2n) is 5.57. The van der Waals surface area contributed by atoms with Gasteiger partial charge < -0.3 is 21.1 Å². The molecule has 0 aliphatic heterocycles. The lowest BCUT2D eigenvalue weighted by Crippen LogP contribution is -2.44. The van der Waals surface area contributed by atoms with Crippen molar-refractivity contribution in [2.75, 3.05) is 0 Å². The molecule has 0 fully saturated rings. The average Bonchev–Trinajstić information content (AvgIpc) is 2.67. The predicted molar refractivity (Wildman–Crippen MR) is 97.5 cm³/mol. The minimum absolute atomic E-state index is 0.0654. The van der Waals surface area contributed by atoms with Gasteiger partial charge in [-0.15, -0.1) is 0 Å². The Hall–Kier alpha value is -3.23. The largest absolute Gasteiger partial charge is 0.480 e. The maximum absolute atomic E-state index is 12.4. The number of allylic oxidation sites excluding steroid dienone is 1. The number of nitrogens with one attached hydrogen (secondary N) is 3. The highest BCUT2D eigenvalue weighted by Crippen LogP contribution is 2.02. The second-order valence-corrected chi connectivity index (χ2v) is 5.57. The number of carbonyl (C=O) groups excluding carboxylic acids is 3. The van der Waals surface area contributed by atoms with Crippen molar-refractivity contribution in [1.29, 1.82) is 0 Å². The molecule has 0 unspecified atom stereocenters. The number of hydrogen-bond donors (Lipinski definition) is 4. The monoisotopic (exact) mass is 376 g/mol. The van der Waals surface area contributed by atoms with Crippen molar-refractivity contribution in [3.05, 3.63) is 41.4 Å². The Labute approximate surface area is 157 Å². The Bertz CT molecular complexity index is 745. The molecule has 1 aromatic heterocycles. The van der Waals surface area contributed by atoms with Gasteiger partial charge in [0.1, 0.15) is 17.4 Å². The maximum Gasteiger partial charge on any atom is 0.326 e. The molecule has 9 heteroatoms. The molecule has 27 heavy (non-hydrogen) atoms. The quantitative estimate of drug-likeness (QED) is 0.469. The third-order valence-electron chi connectivity index (χ3n) is 3.62. The van der Waals surface area contributed by atoms with Gasteiger partial charge in [-0.25, -0.2) is 9.78 Å². The number of aromatic nitrogens is 1. The summed E-state index contributed by atoms with van der Waals surface area (Å²) in [6.45, 7) is 5.08. The minimum atomic E-state index is -1.16. The van der Waals surface area contributed by atoms with Gasteiger partial charge in [0.2, 0.25) is 5.91 Å². The van der Waals surface area contributed by atoms with Crippen LogP contribution in [0.15, 0.2) is 30.0 Å². The van der Waals surface area contributed by atoms with E-state index >= 15 is 0 Å². The van der Waals surface area contributed by atoms with Gasteiger partial charge in [-0.2, -0.15) is 0 Å². The normalized spacial score (nSPS) is 12.0. The first kappa shape index (κ1) is 21.8. The van der Waals surface area contributed by atoms with Gasteiger partial charge in [0.25, 0.3) is 11.8 Å². The van der Waals surface area contributed by atoms with Gasteiger partial charge in [-0.1, -0.05) is 26.0 Å². The number of hydrogen-bond acceptors (Lipinski definition) is 5. The van der Waals surface area contributed by atoms with Crippen molar-refractivity contribution in [2.45, 2.75) is 46.2 Å². The Balaban J connectivity index is 2.79. The van der Waals surface area contributed by atoms with Crippen LogP contribution in [-0.4, -0.2) is 39.8 Å². The molecule has 0 saturated carbocycles. The van der Waals surface area contributed by atoms with Crippen LogP contribution in [0.2, 0.25) is 0 Å². The first-order valence-corrected chi connectivity index (χ1v) is 8.56. The smallest absolute Gasteiger partial charge is 0.326 e. The van der Waals surface area contributed by atoms with Crippen LogP contribution in [0.25, 0.3) is 0 Å². The number of pyridine rings is 1. The molecule has 0 spiro atoms. The van der Waals surface area contributed by atoms with Crippen molar-refractivity contribution in [2.24, 2.45) is 0 Å². The van der Waals surface area contributed by atoms with Crippen LogP contribution in [0, 0.1) is 0 Å². The molecule has 3 amide bonds. The zero-order valence-electron chi connectivity index (χ0n) is 15.5. The number of nitrogens with zero attached hydrogens (tertiary/aromatic N) is 1. The maximum atomic E-state index is 12.4. The van der Waals surface area contributed by atoms with Gasteiger partial charge in [-0.05, 0) is 25.5 Å². The van der Waals surface area contributed by atoms with Crippen molar-refractivity contribution in [3.8, 4) is 0 Å². The van der Waals surface area contributed by atoms with Crippen LogP contribution in [0.4, 0.5) is 0 Å². The van der Waals surface area contributed by atoms with Crippen LogP contribution in [0.3, 0.4) is 0 Å². The molecule has 9 nitrogen and oxygen atoms in total.